The van der Waals surface area contributed by atoms with E-state index in [9.17, 15) is 4.79 Å². The number of carbonyl (C=O) groups excluding carboxylic acids is 1. The van der Waals surface area contributed by atoms with Gasteiger partial charge in [-0.3, -0.25) is 9.79 Å². The number of aliphatic imine (C=N–C) groups is 1. The molecule has 1 amide bonds. The summed E-state index contributed by atoms with van der Waals surface area (Å²) in [5, 5.41) is 4.50. The topological polar surface area (TPSA) is 47.9 Å². The molecule has 1 aromatic carbocycles. The smallest absolute Gasteiger partial charge is 0.233 e. The molecule has 6 heteroatoms. The van der Waals surface area contributed by atoms with E-state index in [2.05, 4.69) is 41.4 Å². The molecule has 0 radical (unpaired) electrons. The fourth-order valence-electron chi connectivity index (χ4n) is 4.05. The lowest BCUT2D eigenvalue weighted by Gasteiger charge is -2.36. The van der Waals surface area contributed by atoms with Crippen LogP contribution in [0.4, 0.5) is 5.69 Å². The number of amides is 1. The van der Waals surface area contributed by atoms with E-state index in [1.165, 1.54) is 36.9 Å². The van der Waals surface area contributed by atoms with E-state index >= 15 is 0 Å². The van der Waals surface area contributed by atoms with Crippen LogP contribution in [0.25, 0.3) is 0 Å². The van der Waals surface area contributed by atoms with Crippen LogP contribution in [-0.4, -0.2) is 60.0 Å². The fourth-order valence-corrected chi connectivity index (χ4v) is 4.94. The number of piperazine rings is 1. The summed E-state index contributed by atoms with van der Waals surface area (Å²) in [5.74, 6) is 0.730. The molecule has 26 heavy (non-hydrogen) atoms. The van der Waals surface area contributed by atoms with Crippen LogP contribution in [0, 0.1) is 6.92 Å². The van der Waals surface area contributed by atoms with Gasteiger partial charge in [-0.25, -0.2) is 0 Å². The second kappa shape index (κ2) is 7.91. The average molecular weight is 373 g/mol. The molecule has 3 aliphatic rings. The molecule has 0 bridgehead atoms. The van der Waals surface area contributed by atoms with Gasteiger partial charge < -0.3 is 15.1 Å². The standard InChI is InChI=1S/C20H28N4OS/c1-15-6-8-16(9-7-15)23-10-12-24(13-11-23)19(25)14-26-20-21-17-4-2-3-5-18(17)22-20/h6-9,17-18H,2-5,10-14H2,1H3,(H,21,22)/t17-,18-/m0/s1. The van der Waals surface area contributed by atoms with Crippen LogP contribution in [0.2, 0.25) is 0 Å². The summed E-state index contributed by atoms with van der Waals surface area (Å²) in [6.45, 7) is 5.53. The number of rotatable bonds is 3. The first-order valence-electron chi connectivity index (χ1n) is 9.75. The zero-order chi connectivity index (χ0) is 17.9. The molecular formula is C20H28N4OS. The van der Waals surface area contributed by atoms with Crippen LogP contribution < -0.4 is 10.2 Å². The first kappa shape index (κ1) is 17.7. The van der Waals surface area contributed by atoms with Gasteiger partial charge in [-0.1, -0.05) is 42.3 Å². The number of amidine groups is 1. The van der Waals surface area contributed by atoms with Crippen molar-refractivity contribution in [2.45, 2.75) is 44.7 Å². The Balaban J connectivity index is 1.23. The number of benzene rings is 1. The van der Waals surface area contributed by atoms with Gasteiger partial charge in [-0.2, -0.15) is 0 Å². The molecule has 1 saturated heterocycles. The summed E-state index contributed by atoms with van der Waals surface area (Å²) in [6, 6.07) is 9.60. The van der Waals surface area contributed by atoms with Gasteiger partial charge in [-0.05, 0) is 31.9 Å². The lowest BCUT2D eigenvalue weighted by molar-refractivity contribution is -0.128. The number of carbonyl (C=O) groups is 1. The van der Waals surface area contributed by atoms with Crippen molar-refractivity contribution in [3.05, 3.63) is 29.8 Å². The molecule has 0 unspecified atom stereocenters. The van der Waals surface area contributed by atoms with Crippen LogP contribution in [0.15, 0.2) is 29.3 Å². The SMILES string of the molecule is Cc1ccc(N2CCN(C(=O)CSC3=N[C@H]4CCCC[C@@H]4N3)CC2)cc1. The number of hydrogen-bond acceptors (Lipinski definition) is 5. The van der Waals surface area contributed by atoms with Crippen molar-refractivity contribution < 1.29 is 4.79 Å². The van der Waals surface area contributed by atoms with E-state index in [1.54, 1.807) is 11.8 Å². The summed E-state index contributed by atoms with van der Waals surface area (Å²) in [6.07, 6.45) is 4.99. The maximum Gasteiger partial charge on any atom is 0.233 e. The maximum absolute atomic E-state index is 12.6. The molecule has 2 aliphatic heterocycles. The number of anilines is 1. The van der Waals surface area contributed by atoms with Crippen LogP contribution in [-0.2, 0) is 4.79 Å². The van der Waals surface area contributed by atoms with Gasteiger partial charge in [0.25, 0.3) is 0 Å². The summed E-state index contributed by atoms with van der Waals surface area (Å²) in [7, 11) is 0. The molecule has 0 aromatic heterocycles. The summed E-state index contributed by atoms with van der Waals surface area (Å²) in [5.41, 5.74) is 2.53. The number of hydrogen-bond donors (Lipinski definition) is 1. The highest BCUT2D eigenvalue weighted by atomic mass is 32.2. The maximum atomic E-state index is 12.6. The van der Waals surface area contributed by atoms with E-state index < -0.39 is 0 Å². The zero-order valence-electron chi connectivity index (χ0n) is 15.5. The molecule has 1 aliphatic carbocycles. The molecule has 0 spiro atoms. The van der Waals surface area contributed by atoms with Crippen molar-refractivity contribution in [2.24, 2.45) is 4.99 Å². The molecule has 140 valence electrons. The van der Waals surface area contributed by atoms with Gasteiger partial charge in [0.2, 0.25) is 5.91 Å². The second-order valence-electron chi connectivity index (χ2n) is 7.53. The van der Waals surface area contributed by atoms with E-state index in [0.717, 1.165) is 31.3 Å². The molecule has 5 nitrogen and oxygen atoms in total. The van der Waals surface area contributed by atoms with Crippen molar-refractivity contribution in [3.63, 3.8) is 0 Å². The van der Waals surface area contributed by atoms with Gasteiger partial charge >= 0.3 is 0 Å². The predicted octanol–water partition coefficient (Wildman–Crippen LogP) is 2.65. The van der Waals surface area contributed by atoms with Crippen molar-refractivity contribution in [2.75, 3.05) is 36.8 Å². The van der Waals surface area contributed by atoms with Crippen molar-refractivity contribution in [1.29, 1.82) is 0 Å². The molecular weight excluding hydrogens is 344 g/mol. The quantitative estimate of drug-likeness (QED) is 0.886. The molecule has 2 atom stereocenters. The fraction of sp³-hybridized carbons (Fsp3) is 0.600. The second-order valence-corrected chi connectivity index (χ2v) is 8.49. The highest BCUT2D eigenvalue weighted by molar-refractivity contribution is 8.14. The Hall–Kier alpha value is -1.69. The number of aryl methyl sites for hydroxylation is 1. The van der Waals surface area contributed by atoms with E-state index in [-0.39, 0.29) is 5.91 Å². The Morgan fingerprint density at radius 2 is 1.88 bits per heavy atom. The number of nitrogens with zero attached hydrogens (tertiary/aromatic N) is 3. The number of thioether (sulfide) groups is 1. The highest BCUT2D eigenvalue weighted by Gasteiger charge is 2.31. The number of nitrogens with one attached hydrogen (secondary N) is 1. The van der Waals surface area contributed by atoms with Crippen LogP contribution in [0.3, 0.4) is 0 Å². The minimum absolute atomic E-state index is 0.234. The van der Waals surface area contributed by atoms with Gasteiger partial charge in [0.05, 0.1) is 17.8 Å². The Kier molecular flexibility index (Phi) is 5.38. The summed E-state index contributed by atoms with van der Waals surface area (Å²) >= 11 is 1.58. The van der Waals surface area contributed by atoms with Crippen molar-refractivity contribution in [1.82, 2.24) is 10.2 Å². The van der Waals surface area contributed by atoms with E-state index in [0.29, 0.717) is 17.8 Å². The molecule has 2 fully saturated rings. The molecule has 1 aromatic rings. The normalized spacial score (nSPS) is 25.5. The predicted molar refractivity (Wildman–Crippen MR) is 109 cm³/mol. The van der Waals surface area contributed by atoms with E-state index in [1.807, 2.05) is 4.90 Å². The highest BCUT2D eigenvalue weighted by Crippen LogP contribution is 2.27. The molecule has 1 N–H and O–H groups in total. The van der Waals surface area contributed by atoms with Crippen LogP contribution in [0.5, 0.6) is 0 Å². The van der Waals surface area contributed by atoms with E-state index in [4.69, 9.17) is 4.99 Å². The Morgan fingerprint density at radius 1 is 1.15 bits per heavy atom. The van der Waals surface area contributed by atoms with Gasteiger partial charge in [-0.15, -0.1) is 0 Å². The zero-order valence-corrected chi connectivity index (χ0v) is 16.3. The van der Waals surface area contributed by atoms with Crippen molar-refractivity contribution in [3.8, 4) is 0 Å². The molecule has 4 rings (SSSR count). The Bertz CT molecular complexity index is 667. The first-order valence-corrected chi connectivity index (χ1v) is 10.7. The third-order valence-corrected chi connectivity index (χ3v) is 6.57. The monoisotopic (exact) mass is 372 g/mol. The van der Waals surface area contributed by atoms with Crippen molar-refractivity contribution >= 4 is 28.5 Å². The Morgan fingerprint density at radius 3 is 2.62 bits per heavy atom. The van der Waals surface area contributed by atoms with Gasteiger partial charge in [0.1, 0.15) is 0 Å². The summed E-state index contributed by atoms with van der Waals surface area (Å²) in [4.78, 5) is 21.7. The van der Waals surface area contributed by atoms with Crippen LogP contribution in [0.1, 0.15) is 31.2 Å². The lowest BCUT2D eigenvalue weighted by atomic mass is 9.92. The summed E-state index contributed by atoms with van der Waals surface area (Å²) < 4.78 is 0. The lowest BCUT2D eigenvalue weighted by Crippen LogP contribution is -2.49. The Labute approximate surface area is 160 Å². The minimum atomic E-state index is 0.234. The van der Waals surface area contributed by atoms with Crippen LogP contribution >= 0.6 is 11.8 Å². The number of fused-ring (bicyclic) bond motifs is 1. The molecule has 2 heterocycles. The van der Waals surface area contributed by atoms with Gasteiger partial charge in [0.15, 0.2) is 5.17 Å². The molecule has 1 saturated carbocycles. The largest absolute Gasteiger partial charge is 0.368 e. The average Bonchev–Trinajstić information content (AvgIpc) is 3.10. The first-order chi connectivity index (χ1) is 12.7. The third kappa shape index (κ3) is 4.00. The third-order valence-electron chi connectivity index (χ3n) is 5.69. The minimum Gasteiger partial charge on any atom is -0.368 e. The van der Waals surface area contributed by atoms with Gasteiger partial charge in [0, 0.05) is 31.9 Å².